The first-order chi connectivity index (χ1) is 9.07. The summed E-state index contributed by atoms with van der Waals surface area (Å²) in [5, 5.41) is 0. The molecule has 7 heteroatoms. The largest absolute Gasteiger partial charge is 0.243 e. The van der Waals surface area contributed by atoms with E-state index in [9.17, 15) is 8.42 Å². The van der Waals surface area contributed by atoms with Crippen LogP contribution in [0.1, 0.15) is 19.3 Å². The van der Waals surface area contributed by atoms with Crippen molar-refractivity contribution in [3.63, 3.8) is 0 Å². The van der Waals surface area contributed by atoms with E-state index in [-0.39, 0.29) is 0 Å². The van der Waals surface area contributed by atoms with Crippen LogP contribution in [0.2, 0.25) is 0 Å². The topological polar surface area (TPSA) is 50.3 Å². The Morgan fingerprint density at radius 3 is 2.68 bits per heavy atom. The molecule has 0 aliphatic carbocycles. The van der Waals surface area contributed by atoms with Crippen LogP contribution < -0.4 is 0 Å². The van der Waals surface area contributed by atoms with E-state index >= 15 is 0 Å². The van der Waals surface area contributed by atoms with Gasteiger partial charge in [-0.15, -0.1) is 11.3 Å². The monoisotopic (exact) mass is 360 g/mol. The molecule has 1 saturated heterocycles. The van der Waals surface area contributed by atoms with Crippen LogP contribution in [0.4, 0.5) is 0 Å². The van der Waals surface area contributed by atoms with Gasteiger partial charge in [-0.1, -0.05) is 6.42 Å². The molecule has 0 amide bonds. The fourth-order valence-corrected chi connectivity index (χ4v) is 5.35. The third kappa shape index (κ3) is 2.56. The molecule has 1 aromatic heterocycles. The van der Waals surface area contributed by atoms with Gasteiger partial charge in [0.15, 0.2) is 3.92 Å². The number of hydrogen-bond acceptors (Lipinski definition) is 4. The average Bonchev–Trinajstić information content (AvgIpc) is 2.78. The van der Waals surface area contributed by atoms with E-state index in [1.165, 1.54) is 11.3 Å². The molecule has 2 heterocycles. The number of halogens is 1. The first kappa shape index (κ1) is 13.5. The second kappa shape index (κ2) is 5.12. The van der Waals surface area contributed by atoms with Gasteiger partial charge in [0, 0.05) is 13.1 Å². The second-order valence-corrected chi connectivity index (χ2v) is 8.81. The average molecular weight is 361 g/mol. The maximum absolute atomic E-state index is 12.5. The maximum Gasteiger partial charge on any atom is 0.243 e. The molecule has 0 bridgehead atoms. The number of nitrogens with zero attached hydrogens (tertiary/aromatic N) is 2. The summed E-state index contributed by atoms with van der Waals surface area (Å²) in [7, 11) is -3.35. The molecule has 0 spiro atoms. The van der Waals surface area contributed by atoms with Gasteiger partial charge in [0.2, 0.25) is 10.0 Å². The highest BCUT2D eigenvalue weighted by atomic mass is 79.9. The number of sulfonamides is 1. The standard InChI is InChI=1S/C12H13BrN2O2S2/c13-12-14-10-5-4-9(8-11(10)18-12)19(16,17)15-6-2-1-3-7-15/h4-5,8H,1-3,6-7H2. The van der Waals surface area contributed by atoms with Crippen LogP contribution in [0.15, 0.2) is 27.0 Å². The number of aromatic nitrogens is 1. The summed E-state index contributed by atoms with van der Waals surface area (Å²) in [4.78, 5) is 4.65. The molecule has 19 heavy (non-hydrogen) atoms. The Bertz CT molecular complexity index is 706. The summed E-state index contributed by atoms with van der Waals surface area (Å²) in [6, 6.07) is 5.15. The van der Waals surface area contributed by atoms with Crippen LogP contribution in [0.5, 0.6) is 0 Å². The number of rotatable bonds is 2. The van der Waals surface area contributed by atoms with Crippen molar-refractivity contribution >= 4 is 47.5 Å². The maximum atomic E-state index is 12.5. The molecule has 1 fully saturated rings. The van der Waals surface area contributed by atoms with Crippen molar-refractivity contribution in [1.29, 1.82) is 0 Å². The first-order valence-electron chi connectivity index (χ1n) is 6.13. The third-order valence-electron chi connectivity index (χ3n) is 3.29. The van der Waals surface area contributed by atoms with Gasteiger partial charge in [0.25, 0.3) is 0 Å². The molecule has 2 aromatic rings. The van der Waals surface area contributed by atoms with Gasteiger partial charge in [-0.2, -0.15) is 4.31 Å². The molecule has 0 unspecified atom stereocenters. The van der Waals surface area contributed by atoms with Gasteiger partial charge in [-0.25, -0.2) is 13.4 Å². The lowest BCUT2D eigenvalue weighted by atomic mass is 10.2. The minimum absolute atomic E-state index is 0.373. The summed E-state index contributed by atoms with van der Waals surface area (Å²) in [6.07, 6.45) is 3.02. The minimum Gasteiger partial charge on any atom is -0.229 e. The molecular formula is C12H13BrN2O2S2. The van der Waals surface area contributed by atoms with Crippen LogP contribution in [-0.4, -0.2) is 30.8 Å². The third-order valence-corrected chi connectivity index (χ3v) is 6.65. The van der Waals surface area contributed by atoms with Crippen molar-refractivity contribution < 1.29 is 8.42 Å². The SMILES string of the molecule is O=S(=O)(c1ccc2nc(Br)sc2c1)N1CCCCC1. The fraction of sp³-hybridized carbons (Fsp3) is 0.417. The Labute approximate surface area is 124 Å². The molecule has 3 rings (SSSR count). The number of benzene rings is 1. The smallest absolute Gasteiger partial charge is 0.229 e. The predicted octanol–water partition coefficient (Wildman–Crippen LogP) is 3.23. The zero-order valence-electron chi connectivity index (χ0n) is 10.2. The fourth-order valence-electron chi connectivity index (χ4n) is 2.29. The highest BCUT2D eigenvalue weighted by molar-refractivity contribution is 9.11. The molecule has 102 valence electrons. The van der Waals surface area contributed by atoms with E-state index in [1.807, 2.05) is 0 Å². The number of piperidine rings is 1. The minimum atomic E-state index is -3.35. The summed E-state index contributed by atoms with van der Waals surface area (Å²) < 4.78 is 28.3. The van der Waals surface area contributed by atoms with Gasteiger partial charge < -0.3 is 0 Å². The summed E-state index contributed by atoms with van der Waals surface area (Å²) in [6.45, 7) is 1.26. The van der Waals surface area contributed by atoms with Gasteiger partial charge >= 0.3 is 0 Å². The van der Waals surface area contributed by atoms with Crippen molar-refractivity contribution in [3.8, 4) is 0 Å². The van der Waals surface area contributed by atoms with E-state index in [2.05, 4.69) is 20.9 Å². The van der Waals surface area contributed by atoms with E-state index in [0.717, 1.165) is 33.4 Å². The lowest BCUT2D eigenvalue weighted by Gasteiger charge is -2.25. The Hall–Kier alpha value is -0.500. The zero-order chi connectivity index (χ0) is 13.5. The van der Waals surface area contributed by atoms with Gasteiger partial charge in [0.1, 0.15) is 0 Å². The van der Waals surface area contributed by atoms with E-state index in [0.29, 0.717) is 18.0 Å². The lowest BCUT2D eigenvalue weighted by molar-refractivity contribution is 0.346. The first-order valence-corrected chi connectivity index (χ1v) is 9.18. The van der Waals surface area contributed by atoms with Crippen LogP contribution in [0, 0.1) is 0 Å². The van der Waals surface area contributed by atoms with E-state index < -0.39 is 10.0 Å². The zero-order valence-corrected chi connectivity index (χ0v) is 13.4. The summed E-state index contributed by atoms with van der Waals surface area (Å²) in [5.41, 5.74) is 0.828. The Kier molecular flexibility index (Phi) is 3.63. The summed E-state index contributed by atoms with van der Waals surface area (Å²) in [5.74, 6) is 0. The van der Waals surface area contributed by atoms with Gasteiger partial charge in [0.05, 0.1) is 15.1 Å². The van der Waals surface area contributed by atoms with Crippen molar-refractivity contribution in [1.82, 2.24) is 9.29 Å². The lowest BCUT2D eigenvalue weighted by Crippen LogP contribution is -2.35. The molecule has 1 aliphatic rings. The van der Waals surface area contributed by atoms with E-state index in [4.69, 9.17) is 0 Å². The highest BCUT2D eigenvalue weighted by Crippen LogP contribution is 2.29. The van der Waals surface area contributed by atoms with Gasteiger partial charge in [-0.05, 0) is 47.0 Å². The predicted molar refractivity (Wildman–Crippen MR) is 79.9 cm³/mol. The molecule has 1 aromatic carbocycles. The molecule has 1 aliphatic heterocycles. The molecular weight excluding hydrogens is 348 g/mol. The molecule has 0 N–H and O–H groups in total. The number of hydrogen-bond donors (Lipinski definition) is 0. The molecule has 0 atom stereocenters. The van der Waals surface area contributed by atoms with E-state index in [1.54, 1.807) is 22.5 Å². The number of thiazole rings is 1. The highest BCUT2D eigenvalue weighted by Gasteiger charge is 2.26. The van der Waals surface area contributed by atoms with Gasteiger partial charge in [-0.3, -0.25) is 0 Å². The Morgan fingerprint density at radius 1 is 1.21 bits per heavy atom. The van der Waals surface area contributed by atoms with Crippen molar-refractivity contribution in [2.75, 3.05) is 13.1 Å². The van der Waals surface area contributed by atoms with Crippen molar-refractivity contribution in [2.24, 2.45) is 0 Å². The summed E-state index contributed by atoms with van der Waals surface area (Å²) >= 11 is 4.78. The van der Waals surface area contributed by atoms with Crippen molar-refractivity contribution in [3.05, 3.63) is 22.1 Å². The quantitative estimate of drug-likeness (QED) is 0.825. The molecule has 4 nitrogen and oxygen atoms in total. The Morgan fingerprint density at radius 2 is 1.95 bits per heavy atom. The second-order valence-electron chi connectivity index (χ2n) is 4.56. The van der Waals surface area contributed by atoms with Crippen LogP contribution in [0.25, 0.3) is 10.2 Å². The van der Waals surface area contributed by atoms with Crippen LogP contribution in [0.3, 0.4) is 0 Å². The molecule has 0 saturated carbocycles. The normalized spacial score (nSPS) is 17.9. The number of fused-ring (bicyclic) bond motifs is 1. The molecule has 0 radical (unpaired) electrons. The van der Waals surface area contributed by atoms with Crippen LogP contribution >= 0.6 is 27.3 Å². The Balaban J connectivity index is 2.02. The van der Waals surface area contributed by atoms with Crippen LogP contribution in [-0.2, 0) is 10.0 Å². The van der Waals surface area contributed by atoms with Crippen molar-refractivity contribution in [2.45, 2.75) is 24.2 Å².